The van der Waals surface area contributed by atoms with Gasteiger partial charge in [0.05, 0.1) is 0 Å². The van der Waals surface area contributed by atoms with E-state index in [0.717, 1.165) is 0 Å². The summed E-state index contributed by atoms with van der Waals surface area (Å²) in [4.78, 5) is 0. The minimum absolute atomic E-state index is 0. The average molecular weight is 282 g/mol. The Kier molecular flexibility index (Phi) is 1600. The van der Waals surface area contributed by atoms with Gasteiger partial charge in [0.25, 0.3) is 0 Å². The molecule has 0 saturated heterocycles. The molecule has 0 aliphatic rings. The van der Waals surface area contributed by atoms with Crippen molar-refractivity contribution in [3.8, 4) is 0 Å². The second kappa shape index (κ2) is 307. The van der Waals surface area contributed by atoms with E-state index in [1.54, 1.807) is 0 Å². The van der Waals surface area contributed by atoms with Gasteiger partial charge in [0.1, 0.15) is 0 Å². The van der Waals surface area contributed by atoms with E-state index >= 15 is 0 Å². The molecule has 0 amide bonds. The molecular weight excluding hydrogens is 259 g/mol. The molecule has 0 aliphatic carbocycles. The predicted molar refractivity (Wildman–Crippen MR) is 64.6 cm³/mol. The maximum atomic E-state index is 2.00. The summed E-state index contributed by atoms with van der Waals surface area (Å²) in [5.74, 6) is 0. The van der Waals surface area contributed by atoms with Gasteiger partial charge in [-0.15, -0.1) is 34.0 Å². The van der Waals surface area contributed by atoms with E-state index in [1.807, 2.05) is 41.5 Å². The second-order valence-electron chi connectivity index (χ2n) is 0. The molecule has 0 aromatic rings. The molecule has 0 saturated carbocycles. The normalized spacial score (nSPS) is 2.00. The van der Waals surface area contributed by atoms with E-state index in [-0.39, 0.29) is 51.3 Å². The maximum absolute atomic E-state index is 2.00. The van der Waals surface area contributed by atoms with Crippen molar-refractivity contribution in [2.45, 2.75) is 41.5 Å². The van der Waals surface area contributed by atoms with Gasteiger partial charge in [0.15, 0.2) is 17.4 Å². The first-order chi connectivity index (χ1) is 3.00. The molecular formula is C6H23AlBr2. The Morgan fingerprint density at radius 3 is 0.444 bits per heavy atom. The van der Waals surface area contributed by atoms with Crippen molar-refractivity contribution in [3.63, 3.8) is 0 Å². The third kappa shape index (κ3) is 239. The zero-order chi connectivity index (χ0) is 6.00. The smallest absolute Gasteiger partial charge is 0.114 e. The lowest BCUT2D eigenvalue weighted by Crippen LogP contribution is -0.856. The first kappa shape index (κ1) is 46.8. The molecule has 0 N–H and O–H groups in total. The SMILES string of the molecule is Br.Br.CC.CC.CC.[AlH3]. The molecule has 3 heteroatoms. The van der Waals surface area contributed by atoms with Crippen LogP contribution < -0.4 is 0 Å². The molecule has 0 fully saturated rings. The Bertz CT molecular complexity index is 11.0. The Morgan fingerprint density at radius 1 is 0.444 bits per heavy atom. The summed E-state index contributed by atoms with van der Waals surface area (Å²) < 4.78 is 0. The van der Waals surface area contributed by atoms with Gasteiger partial charge in [-0.2, -0.15) is 0 Å². The van der Waals surface area contributed by atoms with Gasteiger partial charge in [-0.05, 0) is 0 Å². The van der Waals surface area contributed by atoms with E-state index < -0.39 is 0 Å². The number of hydrogen-bond acceptors (Lipinski definition) is 0. The van der Waals surface area contributed by atoms with Crippen LogP contribution in [0.4, 0.5) is 0 Å². The van der Waals surface area contributed by atoms with Gasteiger partial charge in [-0.3, -0.25) is 0 Å². The lowest BCUT2D eigenvalue weighted by atomic mass is 11.0. The highest BCUT2D eigenvalue weighted by Crippen LogP contribution is 1.15. The molecule has 0 radical (unpaired) electrons. The van der Waals surface area contributed by atoms with Crippen molar-refractivity contribution >= 4 is 51.3 Å². The van der Waals surface area contributed by atoms with Gasteiger partial charge in [-0.1, -0.05) is 41.5 Å². The molecule has 0 nitrogen and oxygen atoms in total. The summed E-state index contributed by atoms with van der Waals surface area (Å²) in [6.07, 6.45) is 0. The molecule has 64 valence electrons. The number of hydrogen-bond donors (Lipinski definition) is 0. The summed E-state index contributed by atoms with van der Waals surface area (Å²) in [6, 6.07) is 0. The van der Waals surface area contributed by atoms with Crippen molar-refractivity contribution in [1.29, 1.82) is 0 Å². The number of halogens is 2. The third-order valence-electron chi connectivity index (χ3n) is 0. The molecule has 0 heterocycles. The van der Waals surface area contributed by atoms with E-state index in [2.05, 4.69) is 0 Å². The molecule has 0 aromatic heterocycles. The first-order valence-corrected chi connectivity index (χ1v) is 3.00. The summed E-state index contributed by atoms with van der Waals surface area (Å²) >= 11 is 0. The zero-order valence-corrected chi connectivity index (χ0v) is 10.2. The molecule has 0 aromatic carbocycles. The number of rotatable bonds is 0. The highest BCUT2D eigenvalue weighted by molar-refractivity contribution is 8.93. The van der Waals surface area contributed by atoms with Crippen molar-refractivity contribution in [1.82, 2.24) is 0 Å². The van der Waals surface area contributed by atoms with Crippen LogP contribution in [0.15, 0.2) is 0 Å². The molecule has 0 bridgehead atoms. The van der Waals surface area contributed by atoms with Gasteiger partial charge in [-0.25, -0.2) is 0 Å². The van der Waals surface area contributed by atoms with Crippen LogP contribution >= 0.6 is 34.0 Å². The zero-order valence-electron chi connectivity index (χ0n) is 6.82. The van der Waals surface area contributed by atoms with Crippen LogP contribution in [0, 0.1) is 0 Å². The third-order valence-corrected chi connectivity index (χ3v) is 0. The largest absolute Gasteiger partial charge is 0.187 e. The summed E-state index contributed by atoms with van der Waals surface area (Å²) in [5.41, 5.74) is 0. The minimum atomic E-state index is 0. The Labute approximate surface area is 92.5 Å². The van der Waals surface area contributed by atoms with Crippen LogP contribution in [-0.4, -0.2) is 17.4 Å². The van der Waals surface area contributed by atoms with Gasteiger partial charge in [0, 0.05) is 0 Å². The van der Waals surface area contributed by atoms with Crippen LogP contribution in [0.3, 0.4) is 0 Å². The highest BCUT2D eigenvalue weighted by atomic mass is 79.9. The van der Waals surface area contributed by atoms with Crippen LogP contribution in [0.2, 0.25) is 0 Å². The van der Waals surface area contributed by atoms with Gasteiger partial charge >= 0.3 is 0 Å². The molecule has 0 spiro atoms. The highest BCUT2D eigenvalue weighted by Gasteiger charge is 0.936. The van der Waals surface area contributed by atoms with Crippen molar-refractivity contribution in [2.75, 3.05) is 0 Å². The van der Waals surface area contributed by atoms with Crippen molar-refractivity contribution in [3.05, 3.63) is 0 Å². The fraction of sp³-hybridized carbons (Fsp3) is 1.00. The van der Waals surface area contributed by atoms with E-state index in [9.17, 15) is 0 Å². The molecule has 0 unspecified atom stereocenters. The molecule has 0 atom stereocenters. The van der Waals surface area contributed by atoms with E-state index in [0.29, 0.717) is 0 Å². The Hall–Kier alpha value is 1.49. The second-order valence-corrected chi connectivity index (χ2v) is 0. The standard InChI is InChI=1S/3C2H6.Al.2BrH.3H/c3*1-2;;;;;;/h3*1-2H3;;2*1H;;;. The monoisotopic (exact) mass is 280 g/mol. The van der Waals surface area contributed by atoms with Gasteiger partial charge < -0.3 is 0 Å². The summed E-state index contributed by atoms with van der Waals surface area (Å²) in [6.45, 7) is 12.0. The van der Waals surface area contributed by atoms with E-state index in [4.69, 9.17) is 0 Å². The van der Waals surface area contributed by atoms with Crippen LogP contribution in [-0.2, 0) is 0 Å². The summed E-state index contributed by atoms with van der Waals surface area (Å²) in [5, 5.41) is 0. The average Bonchev–Trinajstić information content (AvgIpc) is 1.81. The molecule has 9 heavy (non-hydrogen) atoms. The lowest BCUT2D eigenvalue weighted by molar-refractivity contribution is 1.50. The predicted octanol–water partition coefficient (Wildman–Crippen LogP) is 3.05. The molecule has 0 aliphatic heterocycles. The quantitative estimate of drug-likeness (QED) is 0.599. The van der Waals surface area contributed by atoms with Crippen LogP contribution in [0.5, 0.6) is 0 Å². The van der Waals surface area contributed by atoms with Crippen LogP contribution in [0.1, 0.15) is 41.5 Å². The summed E-state index contributed by atoms with van der Waals surface area (Å²) in [7, 11) is 0. The van der Waals surface area contributed by atoms with Crippen LogP contribution in [0.25, 0.3) is 0 Å². The van der Waals surface area contributed by atoms with Crippen molar-refractivity contribution < 1.29 is 0 Å². The van der Waals surface area contributed by atoms with Crippen molar-refractivity contribution in [2.24, 2.45) is 0 Å². The minimum Gasteiger partial charge on any atom is -0.114 e. The Balaban J connectivity index is -0.00000000321. The topological polar surface area (TPSA) is 0 Å². The first-order valence-electron chi connectivity index (χ1n) is 3.00. The Morgan fingerprint density at radius 2 is 0.444 bits per heavy atom. The fourth-order valence-corrected chi connectivity index (χ4v) is 0. The molecule has 0 rings (SSSR count). The van der Waals surface area contributed by atoms with E-state index in [1.165, 1.54) is 0 Å². The maximum Gasteiger partial charge on any atom is 0.187 e. The lowest BCUT2D eigenvalue weighted by Gasteiger charge is -1.07. The fourth-order valence-electron chi connectivity index (χ4n) is 0. The van der Waals surface area contributed by atoms with Gasteiger partial charge in [0.2, 0.25) is 0 Å².